The molecule has 0 radical (unpaired) electrons. The summed E-state index contributed by atoms with van der Waals surface area (Å²) >= 11 is 6.27. The van der Waals surface area contributed by atoms with Crippen molar-refractivity contribution in [3.63, 3.8) is 0 Å². The first-order valence-corrected chi connectivity index (χ1v) is 11.2. The molecular formula is C20H26ClN5OS. The van der Waals surface area contributed by atoms with E-state index in [0.29, 0.717) is 17.3 Å². The normalized spacial score (nSPS) is 18.1. The predicted octanol–water partition coefficient (Wildman–Crippen LogP) is 2.68. The molecule has 0 aliphatic carbocycles. The molecule has 1 aromatic heterocycles. The number of rotatable bonds is 7. The number of nitrogens with one attached hydrogen (secondary N) is 2. The van der Waals surface area contributed by atoms with E-state index in [-0.39, 0.29) is 6.04 Å². The van der Waals surface area contributed by atoms with E-state index < -0.39 is 10.8 Å². The molecule has 2 heterocycles. The topological polar surface area (TPSA) is 69.6 Å². The molecule has 0 amide bonds. The van der Waals surface area contributed by atoms with Crippen LogP contribution in [0.3, 0.4) is 0 Å². The van der Waals surface area contributed by atoms with Gasteiger partial charge in [0.2, 0.25) is 0 Å². The number of anilines is 1. The summed E-state index contributed by atoms with van der Waals surface area (Å²) in [5.41, 5.74) is 0. The Hall–Kier alpha value is -2.12. The maximum absolute atomic E-state index is 12.3. The molecule has 150 valence electrons. The summed E-state index contributed by atoms with van der Waals surface area (Å²) in [4.78, 5) is 12.0. The smallest absolute Gasteiger partial charge is 0.191 e. The Balaban J connectivity index is 1.53. The number of aromatic nitrogens is 1. The molecule has 1 fully saturated rings. The Labute approximate surface area is 173 Å². The fraction of sp³-hybridized carbons (Fsp3) is 0.400. The third-order valence-electron chi connectivity index (χ3n) is 4.46. The number of halogens is 1. The van der Waals surface area contributed by atoms with Crippen LogP contribution < -0.4 is 15.5 Å². The highest BCUT2D eigenvalue weighted by atomic mass is 35.5. The first-order valence-electron chi connectivity index (χ1n) is 9.51. The van der Waals surface area contributed by atoms with Gasteiger partial charge in [-0.05, 0) is 37.6 Å². The van der Waals surface area contributed by atoms with E-state index in [0.717, 1.165) is 42.7 Å². The van der Waals surface area contributed by atoms with Crippen LogP contribution in [0.4, 0.5) is 5.82 Å². The van der Waals surface area contributed by atoms with E-state index in [1.165, 1.54) is 0 Å². The summed E-state index contributed by atoms with van der Waals surface area (Å²) in [5.74, 6) is 2.08. The minimum atomic E-state index is -1.03. The molecule has 1 saturated heterocycles. The van der Waals surface area contributed by atoms with Crippen molar-refractivity contribution >= 4 is 34.2 Å². The Kier molecular flexibility index (Phi) is 7.68. The lowest BCUT2D eigenvalue weighted by Crippen LogP contribution is -2.44. The Morgan fingerprint density at radius 3 is 2.89 bits per heavy atom. The van der Waals surface area contributed by atoms with Crippen molar-refractivity contribution in [3.8, 4) is 0 Å². The highest BCUT2D eigenvalue weighted by molar-refractivity contribution is 7.85. The number of pyridine rings is 1. The zero-order valence-corrected chi connectivity index (χ0v) is 17.5. The van der Waals surface area contributed by atoms with E-state index in [1.807, 2.05) is 49.4 Å². The SMILES string of the molecule is CCNC(=NCCS(=O)c1ccccc1)NC1CCN(c2ncccc2Cl)C1. The molecule has 2 aromatic rings. The van der Waals surface area contributed by atoms with Crippen LogP contribution in [0.2, 0.25) is 5.02 Å². The van der Waals surface area contributed by atoms with Crippen molar-refractivity contribution in [2.75, 3.05) is 36.8 Å². The van der Waals surface area contributed by atoms with Crippen LogP contribution in [-0.2, 0) is 10.8 Å². The molecule has 8 heteroatoms. The number of guanidine groups is 1. The zero-order chi connectivity index (χ0) is 19.8. The second kappa shape index (κ2) is 10.4. The van der Waals surface area contributed by atoms with E-state index >= 15 is 0 Å². The molecular weight excluding hydrogens is 394 g/mol. The Bertz CT molecular complexity index is 817. The standard InChI is InChI=1S/C20H26ClN5OS/c1-2-22-20(24-12-14-28(27)17-7-4-3-5-8-17)25-16-10-13-26(15-16)19-18(21)9-6-11-23-19/h3-9,11,16H,2,10,12-15H2,1H3,(H2,22,24,25). The molecule has 2 unspecified atom stereocenters. The first-order chi connectivity index (χ1) is 13.7. The molecule has 1 aromatic carbocycles. The number of nitrogens with zero attached hydrogens (tertiary/aromatic N) is 3. The predicted molar refractivity (Wildman–Crippen MR) is 117 cm³/mol. The van der Waals surface area contributed by atoms with Crippen molar-refractivity contribution in [1.29, 1.82) is 0 Å². The summed E-state index contributed by atoms with van der Waals surface area (Å²) < 4.78 is 12.3. The molecule has 28 heavy (non-hydrogen) atoms. The van der Waals surface area contributed by atoms with Crippen LogP contribution >= 0.6 is 11.6 Å². The highest BCUT2D eigenvalue weighted by Crippen LogP contribution is 2.25. The lowest BCUT2D eigenvalue weighted by Gasteiger charge is -2.20. The lowest BCUT2D eigenvalue weighted by molar-refractivity contribution is 0.649. The quantitative estimate of drug-likeness (QED) is 0.533. The van der Waals surface area contributed by atoms with Gasteiger partial charge < -0.3 is 15.5 Å². The van der Waals surface area contributed by atoms with Crippen molar-refractivity contribution in [2.24, 2.45) is 4.99 Å². The highest BCUT2D eigenvalue weighted by Gasteiger charge is 2.25. The second-order valence-corrected chi connectivity index (χ2v) is 8.49. The van der Waals surface area contributed by atoms with E-state index in [9.17, 15) is 4.21 Å². The van der Waals surface area contributed by atoms with E-state index in [4.69, 9.17) is 11.6 Å². The third kappa shape index (κ3) is 5.69. The molecule has 3 rings (SSSR count). The third-order valence-corrected chi connectivity index (χ3v) is 6.11. The molecule has 1 aliphatic rings. The van der Waals surface area contributed by atoms with Crippen molar-refractivity contribution < 1.29 is 4.21 Å². The van der Waals surface area contributed by atoms with Crippen molar-refractivity contribution in [2.45, 2.75) is 24.3 Å². The minimum Gasteiger partial charge on any atom is -0.357 e. The monoisotopic (exact) mass is 419 g/mol. The number of benzene rings is 1. The average Bonchev–Trinajstić information content (AvgIpc) is 3.17. The largest absolute Gasteiger partial charge is 0.357 e. The van der Waals surface area contributed by atoms with Gasteiger partial charge in [-0.2, -0.15) is 0 Å². The van der Waals surface area contributed by atoms with Crippen LogP contribution in [0.1, 0.15) is 13.3 Å². The fourth-order valence-electron chi connectivity index (χ4n) is 3.12. The van der Waals surface area contributed by atoms with E-state index in [2.05, 4.69) is 25.5 Å². The van der Waals surface area contributed by atoms with Crippen LogP contribution in [0, 0.1) is 0 Å². The molecule has 6 nitrogen and oxygen atoms in total. The van der Waals surface area contributed by atoms with Gasteiger partial charge in [0, 0.05) is 42.5 Å². The van der Waals surface area contributed by atoms with Gasteiger partial charge in [0.15, 0.2) is 5.96 Å². The minimum absolute atomic E-state index is 0.260. The van der Waals surface area contributed by atoms with Crippen LogP contribution in [0.15, 0.2) is 58.5 Å². The van der Waals surface area contributed by atoms with Gasteiger partial charge in [-0.3, -0.25) is 9.20 Å². The summed E-state index contributed by atoms with van der Waals surface area (Å²) in [6, 6.07) is 13.5. The van der Waals surface area contributed by atoms with Gasteiger partial charge in [-0.1, -0.05) is 29.8 Å². The van der Waals surface area contributed by atoms with Gasteiger partial charge in [0.05, 0.1) is 22.4 Å². The van der Waals surface area contributed by atoms with E-state index in [1.54, 1.807) is 6.20 Å². The zero-order valence-electron chi connectivity index (χ0n) is 16.0. The van der Waals surface area contributed by atoms with Gasteiger partial charge in [-0.15, -0.1) is 0 Å². The summed E-state index contributed by atoms with van der Waals surface area (Å²) in [6.45, 7) is 5.02. The average molecular weight is 420 g/mol. The summed E-state index contributed by atoms with van der Waals surface area (Å²) in [5, 5.41) is 7.42. The van der Waals surface area contributed by atoms with Gasteiger partial charge in [-0.25, -0.2) is 4.98 Å². The molecule has 0 spiro atoms. The fourth-order valence-corrected chi connectivity index (χ4v) is 4.32. The Morgan fingerprint density at radius 2 is 2.14 bits per heavy atom. The van der Waals surface area contributed by atoms with Crippen LogP contribution in [0.5, 0.6) is 0 Å². The second-order valence-electron chi connectivity index (χ2n) is 6.51. The number of aliphatic imine (C=N–C) groups is 1. The molecule has 0 saturated carbocycles. The molecule has 2 N–H and O–H groups in total. The maximum atomic E-state index is 12.3. The maximum Gasteiger partial charge on any atom is 0.191 e. The van der Waals surface area contributed by atoms with Gasteiger partial charge in [0.25, 0.3) is 0 Å². The summed E-state index contributed by atoms with van der Waals surface area (Å²) in [6.07, 6.45) is 2.74. The van der Waals surface area contributed by atoms with Crippen LogP contribution in [-0.4, -0.2) is 53.1 Å². The molecule has 2 atom stereocenters. The molecule has 0 bridgehead atoms. The number of hydrogen-bond acceptors (Lipinski definition) is 4. The van der Waals surface area contributed by atoms with Gasteiger partial charge >= 0.3 is 0 Å². The first kappa shape index (κ1) is 20.6. The molecule has 1 aliphatic heterocycles. The van der Waals surface area contributed by atoms with Gasteiger partial charge in [0.1, 0.15) is 5.82 Å². The number of hydrogen-bond donors (Lipinski definition) is 2. The Morgan fingerprint density at radius 1 is 1.32 bits per heavy atom. The lowest BCUT2D eigenvalue weighted by atomic mass is 10.3. The van der Waals surface area contributed by atoms with Crippen molar-refractivity contribution in [1.82, 2.24) is 15.6 Å². The van der Waals surface area contributed by atoms with Crippen LogP contribution in [0.25, 0.3) is 0 Å². The summed E-state index contributed by atoms with van der Waals surface area (Å²) in [7, 11) is -1.03. The van der Waals surface area contributed by atoms with Crippen molar-refractivity contribution in [3.05, 3.63) is 53.7 Å².